The van der Waals surface area contributed by atoms with Gasteiger partial charge in [0.2, 0.25) is 11.8 Å². The number of methoxy groups -OCH3 is 1. The Morgan fingerprint density at radius 1 is 1.04 bits per heavy atom. The maximum atomic E-state index is 12.7. The van der Waals surface area contributed by atoms with Gasteiger partial charge in [0.25, 0.3) is 0 Å². The van der Waals surface area contributed by atoms with Crippen LogP contribution in [0.15, 0.2) is 55.1 Å². The third kappa shape index (κ3) is 6.66. The molecule has 49 heavy (non-hydrogen) atoms. The zero-order valence-electron chi connectivity index (χ0n) is 28.0. The highest BCUT2D eigenvalue weighted by atomic mass is 16.6. The van der Waals surface area contributed by atoms with Gasteiger partial charge in [-0.15, -0.1) is 0 Å². The van der Waals surface area contributed by atoms with Gasteiger partial charge in [-0.05, 0) is 51.5 Å². The van der Waals surface area contributed by atoms with Gasteiger partial charge in [0.05, 0.1) is 48.4 Å². The fraction of sp³-hybridized carbons (Fsp3) is 0.429. The van der Waals surface area contributed by atoms with Crippen molar-refractivity contribution in [2.24, 2.45) is 5.92 Å². The minimum absolute atomic E-state index is 0.0658. The number of hydrogen-bond donors (Lipinski definition) is 1. The molecule has 0 saturated carbocycles. The number of piperidine rings is 1. The zero-order valence-corrected chi connectivity index (χ0v) is 28.0. The van der Waals surface area contributed by atoms with Gasteiger partial charge in [0.15, 0.2) is 0 Å². The molecule has 0 spiro atoms. The first kappa shape index (κ1) is 32.1. The number of likely N-dealkylation sites (tertiary alicyclic amines) is 2. The van der Waals surface area contributed by atoms with Crippen molar-refractivity contribution in [3.63, 3.8) is 0 Å². The fourth-order valence-corrected chi connectivity index (χ4v) is 6.66. The minimum atomic E-state index is -0.512. The number of nitrogens with one attached hydrogen (secondary N) is 1. The number of pyridine rings is 3. The Balaban J connectivity index is 0.972. The van der Waals surface area contributed by atoms with Crippen LogP contribution in [0, 0.1) is 17.2 Å². The van der Waals surface area contributed by atoms with E-state index in [4.69, 9.17) is 19.2 Å². The quantitative estimate of drug-likeness (QED) is 0.278. The molecule has 7 heterocycles. The van der Waals surface area contributed by atoms with E-state index in [0.717, 1.165) is 29.9 Å². The Kier molecular flexibility index (Phi) is 8.45. The fourth-order valence-electron chi connectivity index (χ4n) is 6.66. The number of nitrogens with zero attached hydrogens (tertiary/aromatic N) is 8. The summed E-state index contributed by atoms with van der Waals surface area (Å²) >= 11 is 0. The normalized spacial score (nSPS) is 19.1. The van der Waals surface area contributed by atoms with Gasteiger partial charge in [0, 0.05) is 68.2 Å². The number of ether oxygens (including phenoxy) is 3. The lowest BCUT2D eigenvalue weighted by Crippen LogP contribution is -2.70. The van der Waals surface area contributed by atoms with E-state index in [1.54, 1.807) is 48.5 Å². The summed E-state index contributed by atoms with van der Waals surface area (Å²) < 4.78 is 18.5. The number of hydrogen-bond acceptors (Lipinski definition) is 11. The highest BCUT2D eigenvalue weighted by Gasteiger charge is 2.46. The molecule has 7 rings (SSSR count). The second-order valence-corrected chi connectivity index (χ2v) is 13.7. The van der Waals surface area contributed by atoms with Gasteiger partial charge in [0.1, 0.15) is 29.8 Å². The van der Waals surface area contributed by atoms with Crippen molar-refractivity contribution in [1.82, 2.24) is 29.4 Å². The Bertz CT molecular complexity index is 1880. The summed E-state index contributed by atoms with van der Waals surface area (Å²) in [6.07, 6.45) is 7.50. The summed E-state index contributed by atoms with van der Waals surface area (Å²) in [5.41, 5.74) is 2.85. The van der Waals surface area contributed by atoms with Crippen LogP contribution in [0.3, 0.4) is 0 Å². The van der Waals surface area contributed by atoms with Crippen LogP contribution in [0.2, 0.25) is 0 Å². The van der Waals surface area contributed by atoms with Crippen molar-refractivity contribution in [3.8, 4) is 28.8 Å². The molecule has 2 bridgehead atoms. The smallest absolute Gasteiger partial charge is 0.410 e. The first-order valence-corrected chi connectivity index (χ1v) is 16.4. The van der Waals surface area contributed by atoms with Crippen LogP contribution in [-0.4, -0.2) is 106 Å². The number of rotatable bonds is 9. The topological polar surface area (TPSA) is 150 Å². The third-order valence-electron chi connectivity index (χ3n) is 9.17. The second kappa shape index (κ2) is 12.9. The number of amides is 2. The average Bonchev–Trinajstić information content (AvgIpc) is 3.49. The molecule has 4 aromatic rings. The average molecular weight is 666 g/mol. The molecule has 3 fully saturated rings. The second-order valence-electron chi connectivity index (χ2n) is 13.7. The van der Waals surface area contributed by atoms with Crippen molar-refractivity contribution >= 4 is 29.0 Å². The molecular weight excluding hydrogens is 626 g/mol. The van der Waals surface area contributed by atoms with Crippen LogP contribution in [0.5, 0.6) is 11.6 Å². The number of fused-ring (bicyclic) bond motifs is 3. The number of carbonyl (C=O) groups excluding carboxylic acids is 2. The molecule has 254 valence electrons. The van der Waals surface area contributed by atoms with Gasteiger partial charge < -0.3 is 29.3 Å². The first-order valence-electron chi connectivity index (χ1n) is 16.4. The Labute approximate surface area is 284 Å². The standard InChI is InChI=1S/C35H39N9O5/c1-35(2,3)49-34(46)42-19-26-11-27(20-42)43(26)9-10-48-28-12-29(32-23(13-36)15-39-44(32)21-28)22-5-7-30(37-14-22)41-17-24(18-41)33(45)40-25-6-8-31(47-4)38-16-25/h5-8,12,14-16,21,24,26-27H,9-11,17-20H2,1-4H3,(H,40,45). The molecule has 4 aromatic heterocycles. The first-order chi connectivity index (χ1) is 23.6. The van der Waals surface area contributed by atoms with Crippen LogP contribution in [0.1, 0.15) is 32.8 Å². The van der Waals surface area contributed by atoms with Crippen LogP contribution >= 0.6 is 0 Å². The maximum Gasteiger partial charge on any atom is 0.410 e. The van der Waals surface area contributed by atoms with E-state index >= 15 is 0 Å². The lowest BCUT2D eigenvalue weighted by atomic mass is 9.88. The molecule has 0 aromatic carbocycles. The predicted octanol–water partition coefficient (Wildman–Crippen LogP) is 3.82. The Morgan fingerprint density at radius 2 is 1.84 bits per heavy atom. The van der Waals surface area contributed by atoms with Crippen molar-refractivity contribution in [3.05, 3.63) is 60.7 Å². The number of aromatic nitrogens is 4. The summed E-state index contributed by atoms with van der Waals surface area (Å²) in [7, 11) is 1.54. The lowest BCUT2D eigenvalue weighted by molar-refractivity contribution is -0.120. The van der Waals surface area contributed by atoms with Gasteiger partial charge in [-0.3, -0.25) is 9.69 Å². The summed E-state index contributed by atoms with van der Waals surface area (Å²) in [6, 6.07) is 12.1. The highest BCUT2D eigenvalue weighted by molar-refractivity contribution is 5.94. The zero-order chi connectivity index (χ0) is 34.3. The van der Waals surface area contributed by atoms with Crippen LogP contribution < -0.4 is 19.7 Å². The largest absolute Gasteiger partial charge is 0.491 e. The molecule has 2 amide bonds. The van der Waals surface area contributed by atoms with Gasteiger partial charge in [-0.1, -0.05) is 0 Å². The molecule has 14 heteroatoms. The molecule has 2 unspecified atom stereocenters. The van der Waals surface area contributed by atoms with E-state index in [-0.39, 0.29) is 17.9 Å². The van der Waals surface area contributed by atoms with Crippen LogP contribution in [0.25, 0.3) is 16.6 Å². The summed E-state index contributed by atoms with van der Waals surface area (Å²) in [5, 5.41) is 17.1. The van der Waals surface area contributed by atoms with E-state index in [9.17, 15) is 14.9 Å². The molecule has 3 saturated heterocycles. The van der Waals surface area contributed by atoms with E-state index in [0.29, 0.717) is 73.3 Å². The minimum Gasteiger partial charge on any atom is -0.491 e. The molecule has 0 radical (unpaired) electrons. The van der Waals surface area contributed by atoms with E-state index in [2.05, 4.69) is 26.4 Å². The van der Waals surface area contributed by atoms with E-state index < -0.39 is 5.60 Å². The van der Waals surface area contributed by atoms with E-state index in [1.165, 1.54) is 0 Å². The SMILES string of the molecule is COc1ccc(NC(=O)C2CN(c3ccc(-c4cc(OCCN5C6CC5CN(C(=O)OC(C)(C)C)C6)cn5ncc(C#N)c45)cn3)C2)cn1. The molecule has 1 N–H and O–H groups in total. The maximum absolute atomic E-state index is 12.7. The highest BCUT2D eigenvalue weighted by Crippen LogP contribution is 2.34. The van der Waals surface area contributed by atoms with Crippen LogP contribution in [0.4, 0.5) is 16.3 Å². The van der Waals surface area contributed by atoms with Gasteiger partial charge in [-0.2, -0.15) is 10.4 Å². The monoisotopic (exact) mass is 665 g/mol. The van der Waals surface area contributed by atoms with Crippen LogP contribution in [-0.2, 0) is 9.53 Å². The van der Waals surface area contributed by atoms with Gasteiger partial charge >= 0.3 is 6.09 Å². The molecule has 14 nitrogen and oxygen atoms in total. The van der Waals surface area contributed by atoms with Crippen molar-refractivity contribution in [2.45, 2.75) is 44.9 Å². The van der Waals surface area contributed by atoms with Crippen molar-refractivity contribution in [1.29, 1.82) is 5.26 Å². The molecule has 2 atom stereocenters. The number of piperazine rings is 1. The Morgan fingerprint density at radius 3 is 2.49 bits per heavy atom. The number of carbonyl (C=O) groups is 2. The summed E-state index contributed by atoms with van der Waals surface area (Å²) in [4.78, 5) is 40.4. The predicted molar refractivity (Wildman–Crippen MR) is 180 cm³/mol. The van der Waals surface area contributed by atoms with Gasteiger partial charge in [-0.25, -0.2) is 19.3 Å². The molecule has 3 aliphatic rings. The van der Waals surface area contributed by atoms with E-state index in [1.807, 2.05) is 48.8 Å². The summed E-state index contributed by atoms with van der Waals surface area (Å²) in [6.45, 7) is 9.25. The molecule has 3 aliphatic heterocycles. The molecular formula is C35H39N9O5. The van der Waals surface area contributed by atoms with Crippen molar-refractivity contribution in [2.75, 3.05) is 56.7 Å². The third-order valence-corrected chi connectivity index (χ3v) is 9.17. The Hall–Kier alpha value is -5.42. The summed E-state index contributed by atoms with van der Waals surface area (Å²) in [5.74, 6) is 1.65. The van der Waals surface area contributed by atoms with Crippen molar-refractivity contribution < 1.29 is 23.8 Å². The number of nitriles is 1. The molecule has 0 aliphatic carbocycles. The number of anilines is 2. The lowest BCUT2D eigenvalue weighted by Gasteiger charge is -2.56.